The third-order valence-electron chi connectivity index (χ3n) is 2.72. The van der Waals surface area contributed by atoms with Gasteiger partial charge in [0.2, 0.25) is 0 Å². The predicted molar refractivity (Wildman–Crippen MR) is 109 cm³/mol. The zero-order valence-electron chi connectivity index (χ0n) is 11.7. The summed E-state index contributed by atoms with van der Waals surface area (Å²) in [5.41, 5.74) is -0.354. The Labute approximate surface area is 178 Å². The quantitative estimate of drug-likeness (QED) is 0.300. The molecule has 2 aromatic rings. The largest absolute Gasteiger partial charge is 0.872 e. The van der Waals surface area contributed by atoms with E-state index in [-0.39, 0.29) is 11.3 Å². The SMILES string of the molecule is O=C(COc1ccc(C(=O)O)c([O-])c1)Oc1c(I)cc(I)cc1I. The van der Waals surface area contributed by atoms with Crippen molar-refractivity contribution < 1.29 is 29.3 Å². The second-order valence-corrected chi connectivity index (χ2v) is 7.99. The number of carbonyl (C=O) groups excluding carboxylic acids is 1. The lowest BCUT2D eigenvalue weighted by Gasteiger charge is -2.13. The summed E-state index contributed by atoms with van der Waals surface area (Å²) in [5, 5.41) is 20.4. The molecule has 126 valence electrons. The first kappa shape index (κ1) is 19.5. The van der Waals surface area contributed by atoms with Gasteiger partial charge in [0, 0.05) is 3.57 Å². The summed E-state index contributed by atoms with van der Waals surface area (Å²) in [5.74, 6) is -2.06. The van der Waals surface area contributed by atoms with Crippen LogP contribution in [0.25, 0.3) is 0 Å². The third kappa shape index (κ3) is 5.08. The zero-order valence-corrected chi connectivity index (χ0v) is 18.2. The first-order chi connectivity index (χ1) is 11.3. The summed E-state index contributed by atoms with van der Waals surface area (Å²) in [6.45, 7) is -0.399. The van der Waals surface area contributed by atoms with Gasteiger partial charge in [-0.3, -0.25) is 0 Å². The Morgan fingerprint density at radius 2 is 1.71 bits per heavy atom. The summed E-state index contributed by atoms with van der Waals surface area (Å²) in [6, 6.07) is 7.23. The van der Waals surface area contributed by atoms with Crippen LogP contribution >= 0.6 is 67.8 Å². The van der Waals surface area contributed by atoms with Gasteiger partial charge in [-0.25, -0.2) is 9.59 Å². The number of halogens is 3. The highest BCUT2D eigenvalue weighted by atomic mass is 127. The fourth-order valence-corrected chi connectivity index (χ4v) is 5.48. The van der Waals surface area contributed by atoms with Crippen LogP contribution in [0.1, 0.15) is 10.4 Å². The number of carboxylic acid groups (broad SMARTS) is 1. The van der Waals surface area contributed by atoms with Crippen LogP contribution in [-0.2, 0) is 4.79 Å². The molecule has 0 amide bonds. The van der Waals surface area contributed by atoms with Crippen molar-refractivity contribution in [3.05, 3.63) is 46.6 Å². The number of esters is 1. The number of aromatic carboxylic acids is 1. The van der Waals surface area contributed by atoms with Crippen LogP contribution in [0.4, 0.5) is 0 Å². The number of benzene rings is 2. The van der Waals surface area contributed by atoms with Crippen LogP contribution in [0.2, 0.25) is 0 Å². The number of rotatable bonds is 5. The van der Waals surface area contributed by atoms with E-state index in [4.69, 9.17) is 14.6 Å². The van der Waals surface area contributed by atoms with Gasteiger partial charge in [0.05, 0.1) is 12.7 Å². The number of carbonyl (C=O) groups is 2. The number of ether oxygens (including phenoxy) is 2. The van der Waals surface area contributed by atoms with Crippen LogP contribution < -0.4 is 14.6 Å². The van der Waals surface area contributed by atoms with Crippen molar-refractivity contribution in [2.75, 3.05) is 6.61 Å². The van der Waals surface area contributed by atoms with E-state index in [0.717, 1.165) is 22.8 Å². The number of carboxylic acids is 1. The van der Waals surface area contributed by atoms with Crippen molar-refractivity contribution in [3.8, 4) is 17.2 Å². The van der Waals surface area contributed by atoms with Gasteiger partial charge in [-0.05, 0) is 98.1 Å². The fraction of sp³-hybridized carbons (Fsp3) is 0.0667. The molecule has 2 rings (SSSR count). The highest BCUT2D eigenvalue weighted by Crippen LogP contribution is 2.29. The molecule has 0 heterocycles. The minimum Gasteiger partial charge on any atom is -0.872 e. The molecule has 2 aromatic carbocycles. The Bertz CT molecular complexity index is 783. The number of hydrogen-bond acceptors (Lipinski definition) is 5. The van der Waals surface area contributed by atoms with Gasteiger partial charge < -0.3 is 19.7 Å². The molecular formula is C15H8I3O6-. The van der Waals surface area contributed by atoms with Gasteiger partial charge in [0.25, 0.3) is 0 Å². The van der Waals surface area contributed by atoms with Gasteiger partial charge in [-0.2, -0.15) is 0 Å². The second-order valence-electron chi connectivity index (χ2n) is 4.42. The Morgan fingerprint density at radius 3 is 2.25 bits per heavy atom. The standard InChI is InChI=1S/C15H9I3O6/c16-7-3-10(17)14(11(18)4-7)24-13(20)6-23-8-1-2-9(15(21)22)12(19)5-8/h1-5,19H,6H2,(H,21,22)/p-1. The Hall–Kier alpha value is -0.830. The molecule has 0 fully saturated rings. The van der Waals surface area contributed by atoms with Gasteiger partial charge >= 0.3 is 11.9 Å². The molecule has 0 unspecified atom stereocenters. The van der Waals surface area contributed by atoms with E-state index < -0.39 is 24.3 Å². The lowest BCUT2D eigenvalue weighted by atomic mass is 10.2. The Balaban J connectivity index is 2.02. The maximum Gasteiger partial charge on any atom is 0.349 e. The average molecular weight is 665 g/mol. The van der Waals surface area contributed by atoms with E-state index in [1.54, 1.807) is 0 Å². The van der Waals surface area contributed by atoms with Crippen LogP contribution in [0.15, 0.2) is 30.3 Å². The van der Waals surface area contributed by atoms with E-state index in [9.17, 15) is 14.7 Å². The van der Waals surface area contributed by atoms with E-state index in [2.05, 4.69) is 67.8 Å². The molecule has 0 aliphatic carbocycles. The molecule has 0 aromatic heterocycles. The van der Waals surface area contributed by atoms with Crippen LogP contribution in [0, 0.1) is 10.7 Å². The van der Waals surface area contributed by atoms with Crippen molar-refractivity contribution in [1.82, 2.24) is 0 Å². The Morgan fingerprint density at radius 1 is 1.08 bits per heavy atom. The first-order valence-electron chi connectivity index (χ1n) is 6.30. The molecule has 24 heavy (non-hydrogen) atoms. The minimum absolute atomic E-state index is 0.106. The molecule has 0 radical (unpaired) electrons. The lowest BCUT2D eigenvalue weighted by Crippen LogP contribution is -2.19. The molecule has 9 heteroatoms. The van der Waals surface area contributed by atoms with Crippen molar-refractivity contribution in [1.29, 1.82) is 0 Å². The summed E-state index contributed by atoms with van der Waals surface area (Å²) < 4.78 is 13.1. The molecule has 0 saturated heterocycles. The van der Waals surface area contributed by atoms with Crippen molar-refractivity contribution in [2.24, 2.45) is 0 Å². The summed E-state index contributed by atoms with van der Waals surface area (Å²) >= 11 is 6.32. The fourth-order valence-electron chi connectivity index (χ4n) is 1.68. The molecule has 0 spiro atoms. The van der Waals surface area contributed by atoms with Gasteiger partial charge in [-0.1, -0.05) is 5.75 Å². The highest BCUT2D eigenvalue weighted by Gasteiger charge is 2.14. The summed E-state index contributed by atoms with van der Waals surface area (Å²) in [4.78, 5) is 22.7. The molecule has 0 atom stereocenters. The van der Waals surface area contributed by atoms with E-state index in [1.807, 2.05) is 12.1 Å². The Kier molecular flexibility index (Phi) is 6.91. The maximum absolute atomic E-state index is 11.9. The first-order valence-corrected chi connectivity index (χ1v) is 9.54. The van der Waals surface area contributed by atoms with Gasteiger partial charge in [0.1, 0.15) is 5.75 Å². The highest BCUT2D eigenvalue weighted by molar-refractivity contribution is 14.1. The van der Waals surface area contributed by atoms with Crippen LogP contribution in [0.3, 0.4) is 0 Å². The third-order valence-corrected chi connectivity index (χ3v) is 4.94. The van der Waals surface area contributed by atoms with E-state index in [0.29, 0.717) is 5.75 Å². The second kappa shape index (κ2) is 8.51. The molecular weight excluding hydrogens is 657 g/mol. The van der Waals surface area contributed by atoms with E-state index in [1.165, 1.54) is 6.07 Å². The van der Waals surface area contributed by atoms with Crippen molar-refractivity contribution >= 4 is 79.7 Å². The summed E-state index contributed by atoms with van der Waals surface area (Å²) in [6.07, 6.45) is 0. The normalized spacial score (nSPS) is 10.3. The number of hydrogen-bond donors (Lipinski definition) is 1. The van der Waals surface area contributed by atoms with Gasteiger partial charge in [-0.15, -0.1) is 0 Å². The molecule has 0 aliphatic heterocycles. The van der Waals surface area contributed by atoms with Gasteiger partial charge in [0.15, 0.2) is 12.4 Å². The average Bonchev–Trinajstić information content (AvgIpc) is 2.48. The maximum atomic E-state index is 11.9. The smallest absolute Gasteiger partial charge is 0.349 e. The molecule has 6 nitrogen and oxygen atoms in total. The minimum atomic E-state index is -1.31. The molecule has 0 aliphatic rings. The zero-order chi connectivity index (χ0) is 17.9. The molecule has 0 saturated carbocycles. The van der Waals surface area contributed by atoms with E-state index >= 15 is 0 Å². The molecule has 0 bridgehead atoms. The van der Waals surface area contributed by atoms with Crippen molar-refractivity contribution in [2.45, 2.75) is 0 Å². The van der Waals surface area contributed by atoms with Crippen molar-refractivity contribution in [3.63, 3.8) is 0 Å². The topological polar surface area (TPSA) is 95.9 Å². The van der Waals surface area contributed by atoms with Crippen LogP contribution in [0.5, 0.6) is 17.2 Å². The summed E-state index contributed by atoms with van der Waals surface area (Å²) in [7, 11) is 0. The lowest BCUT2D eigenvalue weighted by molar-refractivity contribution is -0.268. The molecule has 1 N–H and O–H groups in total. The monoisotopic (exact) mass is 665 g/mol. The van der Waals surface area contributed by atoms with Crippen LogP contribution in [-0.4, -0.2) is 23.7 Å². The predicted octanol–water partition coefficient (Wildman–Crippen LogP) is 3.26.